The topological polar surface area (TPSA) is 41.7 Å². The molecule has 0 spiro atoms. The highest BCUT2D eigenvalue weighted by molar-refractivity contribution is 5.83. The van der Waals surface area contributed by atoms with Gasteiger partial charge in [-0.3, -0.25) is 4.79 Å². The van der Waals surface area contributed by atoms with E-state index in [1.165, 1.54) is 58.0 Å². The summed E-state index contributed by atoms with van der Waals surface area (Å²) in [6, 6.07) is 0.452. The molecule has 0 aromatic heterocycles. The number of rotatable bonds is 0. The molecule has 1 unspecified atom stereocenters. The van der Waals surface area contributed by atoms with Crippen LogP contribution in [0.3, 0.4) is 0 Å². The van der Waals surface area contributed by atoms with Gasteiger partial charge in [0.05, 0.1) is 13.1 Å². The Labute approximate surface area is 189 Å². The fourth-order valence-corrected chi connectivity index (χ4v) is 10.8. The minimum Gasteiger partial charge on any atom is -0.384 e. The number of hydrogen-bond acceptors (Lipinski definition) is 2. The molecule has 6 fully saturated rings. The maximum Gasteiger partial charge on any atom is 0.136 e. The Balaban J connectivity index is 1.31. The molecule has 4 aliphatic carbocycles. The van der Waals surface area contributed by atoms with E-state index in [1.54, 1.807) is 4.90 Å². The summed E-state index contributed by atoms with van der Waals surface area (Å²) in [6.07, 6.45) is 10.9. The molecule has 13 atom stereocenters. The lowest BCUT2D eigenvalue weighted by molar-refractivity contribution is -0.953. The number of fused-ring (bicyclic) bond motifs is 8. The van der Waals surface area contributed by atoms with Crippen LogP contribution in [-0.4, -0.2) is 35.6 Å². The Morgan fingerprint density at radius 3 is 2.45 bits per heavy atom. The van der Waals surface area contributed by atoms with Crippen molar-refractivity contribution in [3.05, 3.63) is 0 Å². The van der Waals surface area contributed by atoms with Crippen LogP contribution in [0.2, 0.25) is 0 Å². The van der Waals surface area contributed by atoms with Gasteiger partial charge in [0.15, 0.2) is 0 Å². The van der Waals surface area contributed by atoms with Crippen LogP contribution >= 0.6 is 0 Å². The van der Waals surface area contributed by atoms with Gasteiger partial charge in [0.25, 0.3) is 0 Å². The summed E-state index contributed by atoms with van der Waals surface area (Å²) in [5.74, 6) is 6.55. The standard InChI is InChI=1S/C28H45NO2/c1-16-9-10-27(3)23-12-19-18(20(23)13-25(30)24(27)11-16)6-7-22-21(19)15-29-14-17(2)5-8-26(29)28(22,4)31/h16-24,26,31H,5-15H2,1-4H3/p+1/t16-,17-,18-,19-,20-,21+,22+,23-,24+,26+,27+,28-/m0/s1. The van der Waals surface area contributed by atoms with Crippen LogP contribution in [-0.2, 0) is 4.79 Å². The van der Waals surface area contributed by atoms with E-state index in [0.717, 1.165) is 42.4 Å². The lowest BCUT2D eigenvalue weighted by Gasteiger charge is -2.57. The zero-order chi connectivity index (χ0) is 21.7. The highest BCUT2D eigenvalue weighted by Gasteiger charge is 2.65. The van der Waals surface area contributed by atoms with Gasteiger partial charge in [0.2, 0.25) is 0 Å². The fourth-order valence-electron chi connectivity index (χ4n) is 10.8. The lowest BCUT2D eigenvalue weighted by atomic mass is 9.51. The second-order valence-corrected chi connectivity index (χ2v) is 13.8. The molecule has 6 rings (SSSR count). The van der Waals surface area contributed by atoms with E-state index in [-0.39, 0.29) is 5.41 Å². The number of carbonyl (C=O) groups excluding carboxylic acids is 1. The van der Waals surface area contributed by atoms with E-state index >= 15 is 0 Å². The summed E-state index contributed by atoms with van der Waals surface area (Å²) >= 11 is 0. The largest absolute Gasteiger partial charge is 0.384 e. The predicted molar refractivity (Wildman–Crippen MR) is 123 cm³/mol. The van der Waals surface area contributed by atoms with Crippen LogP contribution < -0.4 is 4.90 Å². The van der Waals surface area contributed by atoms with Gasteiger partial charge in [-0.1, -0.05) is 27.2 Å². The number of Topliss-reactive ketones (excluding diaryl/α,β-unsaturated/α-hetero) is 1. The molecule has 3 heteroatoms. The summed E-state index contributed by atoms with van der Waals surface area (Å²) in [5, 5.41) is 11.9. The van der Waals surface area contributed by atoms with E-state index < -0.39 is 5.60 Å². The summed E-state index contributed by atoms with van der Waals surface area (Å²) < 4.78 is 0. The first-order valence-corrected chi connectivity index (χ1v) is 13.8. The molecule has 2 heterocycles. The zero-order valence-corrected chi connectivity index (χ0v) is 20.4. The SMILES string of the molecule is C[C@H]1CC[C@@]2(C)[C@H](C1)C(=O)C[C@H]1[C@H]3CC[C@@H]4[C@H](C[NH+]5C[C@@H](C)CC[C@@H]5[C@@]4(C)O)[C@H]3C[C@@H]12. The molecule has 174 valence electrons. The van der Waals surface area contributed by atoms with Gasteiger partial charge in [-0.2, -0.15) is 0 Å². The average Bonchev–Trinajstić information content (AvgIpc) is 3.09. The van der Waals surface area contributed by atoms with Gasteiger partial charge in [0.1, 0.15) is 17.4 Å². The number of nitrogens with one attached hydrogen (secondary N) is 1. The molecule has 2 saturated heterocycles. The van der Waals surface area contributed by atoms with Crippen molar-refractivity contribution in [1.29, 1.82) is 0 Å². The fraction of sp³-hybridized carbons (Fsp3) is 0.964. The summed E-state index contributed by atoms with van der Waals surface area (Å²) in [6.45, 7) is 12.0. The molecule has 2 aliphatic heterocycles. The number of aliphatic hydroxyl groups is 1. The van der Waals surface area contributed by atoms with E-state index in [1.807, 2.05) is 0 Å². The number of hydrogen-bond donors (Lipinski definition) is 2. The van der Waals surface area contributed by atoms with E-state index in [9.17, 15) is 9.90 Å². The molecule has 2 N–H and O–H groups in total. The second-order valence-electron chi connectivity index (χ2n) is 13.8. The van der Waals surface area contributed by atoms with Crippen molar-refractivity contribution in [2.24, 2.45) is 58.7 Å². The Kier molecular flexibility index (Phi) is 4.81. The Morgan fingerprint density at radius 2 is 1.65 bits per heavy atom. The van der Waals surface area contributed by atoms with Gasteiger partial charge in [-0.15, -0.1) is 0 Å². The van der Waals surface area contributed by atoms with Crippen LogP contribution in [0.25, 0.3) is 0 Å². The Bertz CT molecular complexity index is 747. The minimum absolute atomic E-state index is 0.256. The second kappa shape index (κ2) is 7.05. The predicted octanol–water partition coefficient (Wildman–Crippen LogP) is 3.74. The number of piperidine rings is 2. The van der Waals surface area contributed by atoms with Gasteiger partial charge < -0.3 is 10.0 Å². The van der Waals surface area contributed by atoms with Crippen molar-refractivity contribution < 1.29 is 14.8 Å². The van der Waals surface area contributed by atoms with E-state index in [4.69, 9.17) is 0 Å². The smallest absolute Gasteiger partial charge is 0.136 e. The lowest BCUT2D eigenvalue weighted by Crippen LogP contribution is -3.21. The first kappa shape index (κ1) is 21.1. The average molecular weight is 429 g/mol. The Hall–Kier alpha value is -0.410. The van der Waals surface area contributed by atoms with E-state index in [0.29, 0.717) is 35.5 Å². The number of quaternary nitrogens is 1. The van der Waals surface area contributed by atoms with Gasteiger partial charge in [0, 0.05) is 36.5 Å². The van der Waals surface area contributed by atoms with Crippen LogP contribution in [0.15, 0.2) is 0 Å². The molecule has 6 aliphatic rings. The highest BCUT2D eigenvalue weighted by Crippen LogP contribution is 2.66. The van der Waals surface area contributed by atoms with Crippen LogP contribution in [0, 0.1) is 58.7 Å². The van der Waals surface area contributed by atoms with Crippen molar-refractivity contribution >= 4 is 5.78 Å². The molecular formula is C28H46NO2+. The van der Waals surface area contributed by atoms with Gasteiger partial charge in [-0.25, -0.2) is 0 Å². The normalized spacial score (nSPS) is 60.9. The summed E-state index contributed by atoms with van der Waals surface area (Å²) in [4.78, 5) is 15.1. The molecule has 4 saturated carbocycles. The number of ketones is 1. The number of carbonyl (C=O) groups is 1. The first-order valence-electron chi connectivity index (χ1n) is 13.8. The van der Waals surface area contributed by atoms with Crippen molar-refractivity contribution in [2.45, 2.75) is 97.1 Å². The third kappa shape index (κ3) is 2.94. The maximum atomic E-state index is 13.4. The van der Waals surface area contributed by atoms with Crippen molar-refractivity contribution in [3.63, 3.8) is 0 Å². The molecule has 0 radical (unpaired) electrons. The van der Waals surface area contributed by atoms with Crippen LogP contribution in [0.1, 0.15) is 85.5 Å². The minimum atomic E-state index is -0.500. The quantitative estimate of drug-likeness (QED) is 0.617. The summed E-state index contributed by atoms with van der Waals surface area (Å²) in [7, 11) is 0. The Morgan fingerprint density at radius 1 is 0.839 bits per heavy atom. The zero-order valence-electron chi connectivity index (χ0n) is 20.4. The first-order chi connectivity index (χ1) is 14.7. The van der Waals surface area contributed by atoms with Crippen molar-refractivity contribution in [3.8, 4) is 0 Å². The molecule has 31 heavy (non-hydrogen) atoms. The monoisotopic (exact) mass is 428 g/mol. The maximum absolute atomic E-state index is 13.4. The van der Waals surface area contributed by atoms with Crippen LogP contribution in [0.4, 0.5) is 0 Å². The molecular weight excluding hydrogens is 382 g/mol. The van der Waals surface area contributed by atoms with E-state index in [2.05, 4.69) is 27.7 Å². The molecule has 3 nitrogen and oxygen atoms in total. The highest BCUT2D eigenvalue weighted by atomic mass is 16.3. The molecule has 0 amide bonds. The van der Waals surface area contributed by atoms with Crippen molar-refractivity contribution in [1.82, 2.24) is 0 Å². The third-order valence-electron chi connectivity index (χ3n) is 12.3. The van der Waals surface area contributed by atoms with Crippen molar-refractivity contribution in [2.75, 3.05) is 13.1 Å². The summed E-state index contributed by atoms with van der Waals surface area (Å²) in [5.41, 5.74) is -0.245. The van der Waals surface area contributed by atoms with Gasteiger partial charge in [-0.05, 0) is 80.5 Å². The third-order valence-corrected chi connectivity index (χ3v) is 12.3. The molecule has 0 aromatic carbocycles. The van der Waals surface area contributed by atoms with Gasteiger partial charge >= 0.3 is 0 Å². The molecule has 0 aromatic rings. The van der Waals surface area contributed by atoms with Crippen LogP contribution in [0.5, 0.6) is 0 Å². The molecule has 0 bridgehead atoms.